The van der Waals surface area contributed by atoms with Crippen LogP contribution in [0.15, 0.2) is 5.16 Å². The van der Waals surface area contributed by atoms with Crippen LogP contribution in [0.25, 0.3) is 0 Å². The average Bonchev–Trinajstić information content (AvgIpc) is 3.09. The summed E-state index contributed by atoms with van der Waals surface area (Å²) in [6, 6.07) is 0.274. The van der Waals surface area contributed by atoms with Crippen LogP contribution in [0.3, 0.4) is 0 Å². The standard InChI is InChI=1S/C14H21N3O2S/c1-8(2)17-13(11-6-9-3-4-10(11)5-9)15-16-14(17)20-7-12(18)19/h8-11H,3-7H2,1-2H3,(H,18,19). The Labute approximate surface area is 123 Å². The molecule has 0 amide bonds. The van der Waals surface area contributed by atoms with Gasteiger partial charge in [-0.15, -0.1) is 10.2 Å². The third-order valence-corrected chi connectivity index (χ3v) is 5.53. The summed E-state index contributed by atoms with van der Waals surface area (Å²) in [5.41, 5.74) is 0. The van der Waals surface area contributed by atoms with Crippen molar-refractivity contribution in [1.82, 2.24) is 14.8 Å². The van der Waals surface area contributed by atoms with E-state index in [1.54, 1.807) is 0 Å². The van der Waals surface area contributed by atoms with Crippen molar-refractivity contribution >= 4 is 17.7 Å². The molecule has 3 atom stereocenters. The van der Waals surface area contributed by atoms with Crippen molar-refractivity contribution in [3.05, 3.63) is 5.82 Å². The van der Waals surface area contributed by atoms with Crippen LogP contribution in [-0.4, -0.2) is 31.6 Å². The molecular weight excluding hydrogens is 274 g/mol. The van der Waals surface area contributed by atoms with E-state index in [0.717, 1.165) is 22.8 Å². The minimum Gasteiger partial charge on any atom is -0.481 e. The number of aromatic nitrogens is 3. The summed E-state index contributed by atoms with van der Waals surface area (Å²) in [4.78, 5) is 10.7. The fourth-order valence-corrected chi connectivity index (χ4v) is 4.61. The van der Waals surface area contributed by atoms with E-state index in [9.17, 15) is 4.79 Å². The van der Waals surface area contributed by atoms with E-state index < -0.39 is 5.97 Å². The Morgan fingerprint density at radius 3 is 2.75 bits per heavy atom. The topological polar surface area (TPSA) is 68.0 Å². The molecule has 2 fully saturated rings. The third kappa shape index (κ3) is 2.45. The maximum atomic E-state index is 10.7. The van der Waals surface area contributed by atoms with Gasteiger partial charge in [-0.2, -0.15) is 0 Å². The van der Waals surface area contributed by atoms with Crippen LogP contribution in [0.2, 0.25) is 0 Å². The number of rotatable bonds is 5. The molecule has 5 nitrogen and oxygen atoms in total. The first-order chi connectivity index (χ1) is 9.56. The molecule has 0 radical (unpaired) electrons. The van der Waals surface area contributed by atoms with E-state index in [-0.39, 0.29) is 11.8 Å². The van der Waals surface area contributed by atoms with E-state index >= 15 is 0 Å². The molecule has 1 aromatic rings. The van der Waals surface area contributed by atoms with Crippen LogP contribution < -0.4 is 0 Å². The number of thioether (sulfide) groups is 1. The van der Waals surface area contributed by atoms with Crippen LogP contribution in [-0.2, 0) is 4.79 Å². The molecule has 6 heteroatoms. The molecule has 20 heavy (non-hydrogen) atoms. The summed E-state index contributed by atoms with van der Waals surface area (Å²) < 4.78 is 2.15. The zero-order chi connectivity index (χ0) is 14.3. The summed E-state index contributed by atoms with van der Waals surface area (Å²) in [6.45, 7) is 4.23. The summed E-state index contributed by atoms with van der Waals surface area (Å²) in [6.07, 6.45) is 5.27. The lowest BCUT2D eigenvalue weighted by Gasteiger charge is -2.23. The summed E-state index contributed by atoms with van der Waals surface area (Å²) in [7, 11) is 0. The first-order valence-electron chi connectivity index (χ1n) is 7.35. The molecule has 2 saturated carbocycles. The van der Waals surface area contributed by atoms with Crippen molar-refractivity contribution in [1.29, 1.82) is 0 Å². The van der Waals surface area contributed by atoms with Crippen LogP contribution >= 0.6 is 11.8 Å². The molecule has 110 valence electrons. The Kier molecular flexibility index (Phi) is 3.75. The SMILES string of the molecule is CC(C)n1c(SCC(=O)O)nnc1C1CC2CCC1C2. The number of fused-ring (bicyclic) bond motifs is 2. The lowest BCUT2D eigenvalue weighted by Crippen LogP contribution is -2.17. The molecule has 2 aliphatic rings. The van der Waals surface area contributed by atoms with Crippen LogP contribution in [0.5, 0.6) is 0 Å². The molecule has 1 N–H and O–H groups in total. The highest BCUT2D eigenvalue weighted by Gasteiger charge is 2.42. The van der Waals surface area contributed by atoms with Gasteiger partial charge in [-0.25, -0.2) is 0 Å². The number of carboxylic acids is 1. The lowest BCUT2D eigenvalue weighted by molar-refractivity contribution is -0.133. The summed E-state index contributed by atoms with van der Waals surface area (Å²) >= 11 is 1.27. The maximum Gasteiger partial charge on any atom is 0.313 e. The summed E-state index contributed by atoms with van der Waals surface area (Å²) in [5.74, 6) is 2.48. The minimum absolute atomic E-state index is 0.0432. The maximum absolute atomic E-state index is 10.7. The van der Waals surface area contributed by atoms with Gasteiger partial charge in [0.2, 0.25) is 0 Å². The molecule has 0 aromatic carbocycles. The Morgan fingerprint density at radius 1 is 1.40 bits per heavy atom. The van der Waals surface area contributed by atoms with Crippen molar-refractivity contribution in [3.8, 4) is 0 Å². The van der Waals surface area contributed by atoms with Crippen LogP contribution in [0, 0.1) is 11.8 Å². The van der Waals surface area contributed by atoms with Gasteiger partial charge in [0.25, 0.3) is 0 Å². The fourth-order valence-electron chi connectivity index (χ4n) is 3.81. The highest BCUT2D eigenvalue weighted by Crippen LogP contribution is 2.52. The largest absolute Gasteiger partial charge is 0.481 e. The predicted molar refractivity (Wildman–Crippen MR) is 77.0 cm³/mol. The van der Waals surface area contributed by atoms with Gasteiger partial charge < -0.3 is 9.67 Å². The van der Waals surface area contributed by atoms with Crippen molar-refractivity contribution in [2.24, 2.45) is 11.8 Å². The van der Waals surface area contributed by atoms with E-state index in [1.807, 2.05) is 0 Å². The lowest BCUT2D eigenvalue weighted by atomic mass is 9.88. The van der Waals surface area contributed by atoms with Crippen molar-refractivity contribution in [3.63, 3.8) is 0 Å². The Balaban J connectivity index is 1.85. The normalized spacial score (nSPS) is 28.4. The van der Waals surface area contributed by atoms with E-state index in [2.05, 4.69) is 28.6 Å². The van der Waals surface area contributed by atoms with Gasteiger partial charge in [-0.1, -0.05) is 18.2 Å². The number of hydrogen-bond donors (Lipinski definition) is 1. The molecule has 3 rings (SSSR count). The van der Waals surface area contributed by atoms with Gasteiger partial charge in [0.1, 0.15) is 5.82 Å². The smallest absolute Gasteiger partial charge is 0.313 e. The number of aliphatic carboxylic acids is 1. The Bertz CT molecular complexity index is 515. The molecule has 1 aromatic heterocycles. The fraction of sp³-hybridized carbons (Fsp3) is 0.786. The molecule has 2 aliphatic carbocycles. The Hall–Kier alpha value is -1.04. The number of carbonyl (C=O) groups is 1. The second kappa shape index (κ2) is 5.39. The van der Waals surface area contributed by atoms with E-state index in [0.29, 0.717) is 5.92 Å². The van der Waals surface area contributed by atoms with Gasteiger partial charge >= 0.3 is 5.97 Å². The average molecular weight is 295 g/mol. The Morgan fingerprint density at radius 2 is 2.20 bits per heavy atom. The zero-order valence-corrected chi connectivity index (χ0v) is 12.8. The van der Waals surface area contributed by atoms with Gasteiger partial charge in [0.05, 0.1) is 5.75 Å². The second-order valence-corrected chi connectivity index (χ2v) is 7.21. The van der Waals surface area contributed by atoms with Gasteiger partial charge in [-0.05, 0) is 44.9 Å². The monoisotopic (exact) mass is 295 g/mol. The first-order valence-corrected chi connectivity index (χ1v) is 8.34. The summed E-state index contributed by atoms with van der Waals surface area (Å²) in [5, 5.41) is 18.2. The molecule has 0 spiro atoms. The number of carboxylic acid groups (broad SMARTS) is 1. The zero-order valence-electron chi connectivity index (χ0n) is 12.0. The molecular formula is C14H21N3O2S. The van der Waals surface area contributed by atoms with Gasteiger partial charge in [-0.3, -0.25) is 4.79 Å². The first kappa shape index (κ1) is 13.9. The molecule has 1 heterocycles. The molecule has 3 unspecified atom stereocenters. The number of hydrogen-bond acceptors (Lipinski definition) is 4. The molecule has 0 saturated heterocycles. The predicted octanol–water partition coefficient (Wildman–Crippen LogP) is 2.94. The third-order valence-electron chi connectivity index (χ3n) is 4.60. The minimum atomic E-state index is -0.810. The quantitative estimate of drug-likeness (QED) is 0.846. The highest BCUT2D eigenvalue weighted by atomic mass is 32.2. The molecule has 2 bridgehead atoms. The van der Waals surface area contributed by atoms with Crippen LogP contribution in [0.1, 0.15) is 57.3 Å². The van der Waals surface area contributed by atoms with E-state index in [4.69, 9.17) is 5.11 Å². The van der Waals surface area contributed by atoms with Crippen molar-refractivity contribution < 1.29 is 9.90 Å². The second-order valence-electron chi connectivity index (χ2n) is 6.27. The number of nitrogens with zero attached hydrogens (tertiary/aromatic N) is 3. The van der Waals surface area contributed by atoms with Crippen LogP contribution in [0.4, 0.5) is 0 Å². The van der Waals surface area contributed by atoms with Gasteiger partial charge in [0, 0.05) is 12.0 Å². The van der Waals surface area contributed by atoms with Crippen molar-refractivity contribution in [2.75, 3.05) is 5.75 Å². The van der Waals surface area contributed by atoms with Gasteiger partial charge in [0.15, 0.2) is 5.16 Å². The van der Waals surface area contributed by atoms with E-state index in [1.165, 1.54) is 37.4 Å². The molecule has 0 aliphatic heterocycles. The van der Waals surface area contributed by atoms with Crippen molar-refractivity contribution in [2.45, 2.75) is 56.6 Å². The highest BCUT2D eigenvalue weighted by molar-refractivity contribution is 7.99.